The number of pyridine rings is 1. The van der Waals surface area contributed by atoms with E-state index in [1.165, 1.54) is 18.5 Å². The van der Waals surface area contributed by atoms with Crippen molar-refractivity contribution in [2.45, 2.75) is 6.18 Å². The van der Waals surface area contributed by atoms with Crippen molar-refractivity contribution in [1.82, 2.24) is 20.2 Å². The number of carbonyl (C=O) groups is 2. The van der Waals surface area contributed by atoms with Gasteiger partial charge in [0.15, 0.2) is 5.69 Å². The van der Waals surface area contributed by atoms with Crippen molar-refractivity contribution in [3.05, 3.63) is 59.5 Å². The number of piperazine rings is 1. The average Bonchev–Trinajstić information content (AvgIpc) is 3.32. The maximum absolute atomic E-state index is 13.9. The van der Waals surface area contributed by atoms with E-state index in [2.05, 4.69) is 20.2 Å². The molecule has 2 aromatic heterocycles. The number of fused-ring (bicyclic) bond motifs is 1. The highest BCUT2D eigenvalue weighted by Crippen LogP contribution is 2.41. The van der Waals surface area contributed by atoms with Crippen molar-refractivity contribution in [1.29, 1.82) is 0 Å². The van der Waals surface area contributed by atoms with Crippen molar-refractivity contribution in [2.75, 3.05) is 38.1 Å². The minimum Gasteiger partial charge on any atom is -0.368 e. The number of imide groups is 1. The smallest absolute Gasteiger partial charge is 0.368 e. The van der Waals surface area contributed by atoms with Gasteiger partial charge >= 0.3 is 6.18 Å². The van der Waals surface area contributed by atoms with Gasteiger partial charge in [0.25, 0.3) is 11.8 Å². The predicted octanol–water partition coefficient (Wildman–Crippen LogP) is 2.90. The number of benzene rings is 1. The molecule has 10 heteroatoms. The molecule has 2 amide bonds. The van der Waals surface area contributed by atoms with Gasteiger partial charge in [0, 0.05) is 54.4 Å². The third-order valence-corrected chi connectivity index (χ3v) is 6.07. The summed E-state index contributed by atoms with van der Waals surface area (Å²) in [6, 6.07) is 8.40. The number of aromatic amines is 1. The molecule has 2 N–H and O–H groups in total. The van der Waals surface area contributed by atoms with Crippen LogP contribution in [0.4, 0.5) is 18.9 Å². The van der Waals surface area contributed by atoms with Crippen LogP contribution in [0.3, 0.4) is 0 Å². The Morgan fingerprint density at radius 3 is 2.33 bits per heavy atom. The van der Waals surface area contributed by atoms with Gasteiger partial charge in [-0.2, -0.15) is 13.2 Å². The Morgan fingerprint density at radius 1 is 0.970 bits per heavy atom. The Kier molecular flexibility index (Phi) is 4.97. The minimum absolute atomic E-state index is 0.0970. The molecule has 4 heterocycles. The number of amides is 2. The van der Waals surface area contributed by atoms with E-state index in [1.54, 1.807) is 24.3 Å². The fourth-order valence-corrected chi connectivity index (χ4v) is 4.36. The summed E-state index contributed by atoms with van der Waals surface area (Å²) < 4.78 is 41.8. The Labute approximate surface area is 186 Å². The number of hydrogen-bond acceptors (Lipinski definition) is 5. The van der Waals surface area contributed by atoms with Crippen LogP contribution >= 0.6 is 0 Å². The highest BCUT2D eigenvalue weighted by molar-refractivity contribution is 6.50. The molecule has 1 aromatic carbocycles. The number of aromatic nitrogens is 2. The van der Waals surface area contributed by atoms with Gasteiger partial charge in [-0.3, -0.25) is 14.9 Å². The number of anilines is 1. The lowest BCUT2D eigenvalue weighted by Crippen LogP contribution is -2.44. The maximum Gasteiger partial charge on any atom is 0.433 e. The summed E-state index contributed by atoms with van der Waals surface area (Å²) in [5.74, 6) is -1.61. The zero-order valence-corrected chi connectivity index (χ0v) is 17.7. The van der Waals surface area contributed by atoms with Crippen LogP contribution < -0.4 is 10.2 Å². The number of para-hydroxylation sites is 1. The van der Waals surface area contributed by atoms with Crippen LogP contribution in [0, 0.1) is 0 Å². The van der Waals surface area contributed by atoms with E-state index in [9.17, 15) is 22.8 Å². The van der Waals surface area contributed by atoms with E-state index in [0.29, 0.717) is 35.2 Å². The van der Waals surface area contributed by atoms with Crippen molar-refractivity contribution < 1.29 is 22.8 Å². The van der Waals surface area contributed by atoms with Crippen molar-refractivity contribution >= 4 is 39.6 Å². The molecule has 0 atom stereocenters. The van der Waals surface area contributed by atoms with Gasteiger partial charge in [-0.1, -0.05) is 18.2 Å². The number of alkyl halides is 3. The molecule has 1 saturated heterocycles. The molecule has 0 unspecified atom stereocenters. The van der Waals surface area contributed by atoms with Gasteiger partial charge in [-0.05, 0) is 19.2 Å². The summed E-state index contributed by atoms with van der Waals surface area (Å²) in [5, 5.41) is 2.80. The molecule has 3 aromatic rings. The molecule has 5 rings (SSSR count). The van der Waals surface area contributed by atoms with Crippen molar-refractivity contribution in [2.24, 2.45) is 0 Å². The molecule has 0 aliphatic carbocycles. The van der Waals surface area contributed by atoms with Crippen LogP contribution in [0.1, 0.15) is 16.8 Å². The first-order chi connectivity index (χ1) is 15.7. The predicted molar refractivity (Wildman–Crippen MR) is 117 cm³/mol. The number of rotatable bonds is 3. The second-order valence-corrected chi connectivity index (χ2v) is 8.16. The molecular weight excluding hydrogens is 435 g/mol. The summed E-state index contributed by atoms with van der Waals surface area (Å²) in [5.41, 5.74) is -0.473. The second-order valence-electron chi connectivity index (χ2n) is 8.16. The summed E-state index contributed by atoms with van der Waals surface area (Å²) >= 11 is 0. The first kappa shape index (κ1) is 21.2. The number of nitrogens with one attached hydrogen (secondary N) is 2. The number of likely N-dealkylation sites (N-methyl/N-ethyl adjacent to an activating group) is 1. The van der Waals surface area contributed by atoms with E-state index >= 15 is 0 Å². The fraction of sp³-hybridized carbons (Fsp3) is 0.261. The molecule has 0 spiro atoms. The first-order valence-electron chi connectivity index (χ1n) is 10.4. The Bertz CT molecular complexity index is 1300. The highest BCUT2D eigenvalue weighted by Gasteiger charge is 2.42. The first-order valence-corrected chi connectivity index (χ1v) is 10.4. The maximum atomic E-state index is 13.9. The molecule has 33 heavy (non-hydrogen) atoms. The third-order valence-electron chi connectivity index (χ3n) is 6.07. The van der Waals surface area contributed by atoms with Crippen molar-refractivity contribution in [3.63, 3.8) is 0 Å². The highest BCUT2D eigenvalue weighted by atomic mass is 19.4. The Morgan fingerprint density at radius 2 is 1.64 bits per heavy atom. The Balaban J connectivity index is 1.73. The molecule has 2 aliphatic rings. The van der Waals surface area contributed by atoms with Crippen LogP contribution in [0.5, 0.6) is 0 Å². The monoisotopic (exact) mass is 455 g/mol. The number of hydrogen-bond donors (Lipinski definition) is 2. The van der Waals surface area contributed by atoms with E-state index in [-0.39, 0.29) is 11.1 Å². The fourth-order valence-electron chi connectivity index (χ4n) is 4.36. The summed E-state index contributed by atoms with van der Waals surface area (Å²) in [6.45, 7) is 2.72. The standard InChI is InChI=1S/C23H20F3N5O2/c1-30-6-8-31(9-7-30)13-10-15(20(28-11-13)23(24,25)26)18-19(22(33)29-21(18)32)16-12-27-17-5-3-2-4-14(16)17/h2-5,10-12,27H,6-9H2,1H3,(H,29,32,33). The summed E-state index contributed by atoms with van der Waals surface area (Å²) in [4.78, 5) is 36.4. The van der Waals surface area contributed by atoms with Crippen LogP contribution in [-0.2, 0) is 15.8 Å². The molecule has 1 fully saturated rings. The lowest BCUT2D eigenvalue weighted by atomic mass is 9.94. The van der Waals surface area contributed by atoms with Gasteiger partial charge in [-0.15, -0.1) is 0 Å². The van der Waals surface area contributed by atoms with Gasteiger partial charge in [0.05, 0.1) is 23.0 Å². The number of carbonyl (C=O) groups excluding carboxylic acids is 2. The van der Waals surface area contributed by atoms with E-state index in [0.717, 1.165) is 13.1 Å². The molecular formula is C23H20F3N5O2. The van der Waals surface area contributed by atoms with E-state index in [1.807, 2.05) is 11.9 Å². The lowest BCUT2D eigenvalue weighted by molar-refractivity contribution is -0.141. The third kappa shape index (κ3) is 3.66. The number of H-pyrrole nitrogens is 1. The number of nitrogens with zero attached hydrogens (tertiary/aromatic N) is 3. The number of halogens is 3. The summed E-state index contributed by atoms with van der Waals surface area (Å²) in [6.07, 6.45) is -2.10. The van der Waals surface area contributed by atoms with E-state index < -0.39 is 29.2 Å². The zero-order chi connectivity index (χ0) is 23.3. The molecule has 7 nitrogen and oxygen atoms in total. The van der Waals surface area contributed by atoms with Gasteiger partial charge in [0.1, 0.15) is 0 Å². The quantitative estimate of drug-likeness (QED) is 0.594. The van der Waals surface area contributed by atoms with E-state index in [4.69, 9.17) is 0 Å². The molecule has 0 saturated carbocycles. The normalized spacial score (nSPS) is 17.9. The van der Waals surface area contributed by atoms with Crippen molar-refractivity contribution in [3.8, 4) is 0 Å². The SMILES string of the molecule is CN1CCN(c2cnc(C(F)(F)F)c(C3=C(c4c[nH]c5ccccc45)C(=O)NC3=O)c2)CC1. The summed E-state index contributed by atoms with van der Waals surface area (Å²) in [7, 11) is 1.97. The average molecular weight is 455 g/mol. The molecule has 0 bridgehead atoms. The largest absolute Gasteiger partial charge is 0.433 e. The van der Waals surface area contributed by atoms with Gasteiger partial charge in [0.2, 0.25) is 0 Å². The molecule has 170 valence electrons. The Hall–Kier alpha value is -3.66. The lowest BCUT2D eigenvalue weighted by Gasteiger charge is -2.34. The second kappa shape index (κ2) is 7.73. The molecule has 0 radical (unpaired) electrons. The van der Waals surface area contributed by atoms with Crippen LogP contribution in [0.15, 0.2) is 42.7 Å². The van der Waals surface area contributed by atoms with Gasteiger partial charge < -0.3 is 14.8 Å². The molecule has 2 aliphatic heterocycles. The van der Waals surface area contributed by atoms with Gasteiger partial charge in [-0.25, -0.2) is 4.98 Å². The van der Waals surface area contributed by atoms with Crippen LogP contribution in [-0.4, -0.2) is 59.9 Å². The zero-order valence-electron chi connectivity index (χ0n) is 17.7. The topological polar surface area (TPSA) is 81.3 Å². The minimum atomic E-state index is -4.81. The van der Waals surface area contributed by atoms with Crippen LogP contribution in [0.25, 0.3) is 22.0 Å². The van der Waals surface area contributed by atoms with Crippen LogP contribution in [0.2, 0.25) is 0 Å².